The van der Waals surface area contributed by atoms with Crippen LogP contribution in [0.5, 0.6) is 0 Å². The molecular formula is C19H18FNO. The Bertz CT molecular complexity index is 709. The van der Waals surface area contributed by atoms with Crippen LogP contribution in [0.25, 0.3) is 6.08 Å². The Morgan fingerprint density at radius 3 is 2.77 bits per heavy atom. The van der Waals surface area contributed by atoms with Gasteiger partial charge in [-0.2, -0.15) is 0 Å². The molecule has 0 aromatic heterocycles. The Balaban J connectivity index is 1.87. The standard InChI is InChI=1S/C19H18FNO/c1-14-7-9-16-13-17(20)10-11-18(16)21(14)19(22)12-8-15-5-3-2-4-6-15/h2-6,8,10-14H,7,9H2,1H3/b12-8+. The van der Waals surface area contributed by atoms with Gasteiger partial charge in [0.2, 0.25) is 0 Å². The van der Waals surface area contributed by atoms with Crippen molar-refractivity contribution in [3.63, 3.8) is 0 Å². The number of aryl methyl sites for hydroxylation is 1. The SMILES string of the molecule is CC1CCc2cc(F)ccc2N1C(=O)/C=C/c1ccccc1. The van der Waals surface area contributed by atoms with Crippen molar-refractivity contribution in [1.82, 2.24) is 0 Å². The van der Waals surface area contributed by atoms with E-state index in [1.807, 2.05) is 43.3 Å². The van der Waals surface area contributed by atoms with E-state index in [9.17, 15) is 9.18 Å². The molecule has 0 saturated carbocycles. The van der Waals surface area contributed by atoms with Gasteiger partial charge in [0.25, 0.3) is 5.91 Å². The van der Waals surface area contributed by atoms with E-state index < -0.39 is 0 Å². The lowest BCUT2D eigenvalue weighted by molar-refractivity contribution is -0.114. The quantitative estimate of drug-likeness (QED) is 0.760. The summed E-state index contributed by atoms with van der Waals surface area (Å²) in [5.74, 6) is -0.315. The van der Waals surface area contributed by atoms with Gasteiger partial charge in [-0.3, -0.25) is 4.79 Å². The van der Waals surface area contributed by atoms with E-state index in [0.29, 0.717) is 0 Å². The highest BCUT2D eigenvalue weighted by molar-refractivity contribution is 6.05. The lowest BCUT2D eigenvalue weighted by Gasteiger charge is -2.34. The van der Waals surface area contributed by atoms with Gasteiger partial charge in [0, 0.05) is 17.8 Å². The van der Waals surface area contributed by atoms with Crippen LogP contribution >= 0.6 is 0 Å². The van der Waals surface area contributed by atoms with Crippen LogP contribution in [0.2, 0.25) is 0 Å². The summed E-state index contributed by atoms with van der Waals surface area (Å²) < 4.78 is 13.4. The van der Waals surface area contributed by atoms with Crippen LogP contribution in [-0.4, -0.2) is 11.9 Å². The van der Waals surface area contributed by atoms with E-state index in [0.717, 1.165) is 29.7 Å². The van der Waals surface area contributed by atoms with Crippen molar-refractivity contribution in [3.05, 3.63) is 71.6 Å². The molecule has 1 heterocycles. The summed E-state index contributed by atoms with van der Waals surface area (Å²) in [6.45, 7) is 2.03. The molecule has 0 saturated heterocycles. The number of amides is 1. The molecule has 1 amide bonds. The second-order valence-electron chi connectivity index (χ2n) is 5.61. The molecule has 2 aromatic carbocycles. The highest BCUT2D eigenvalue weighted by atomic mass is 19.1. The largest absolute Gasteiger partial charge is 0.306 e. The first-order valence-corrected chi connectivity index (χ1v) is 7.50. The minimum atomic E-state index is -0.250. The van der Waals surface area contributed by atoms with Crippen molar-refractivity contribution < 1.29 is 9.18 Å². The maximum absolute atomic E-state index is 13.4. The number of benzene rings is 2. The van der Waals surface area contributed by atoms with Gasteiger partial charge in [-0.15, -0.1) is 0 Å². The third kappa shape index (κ3) is 2.93. The second kappa shape index (κ2) is 6.14. The molecule has 112 valence electrons. The highest BCUT2D eigenvalue weighted by Gasteiger charge is 2.27. The maximum Gasteiger partial charge on any atom is 0.251 e. The lowest BCUT2D eigenvalue weighted by atomic mass is 9.96. The van der Waals surface area contributed by atoms with Crippen LogP contribution in [0.15, 0.2) is 54.6 Å². The van der Waals surface area contributed by atoms with Gasteiger partial charge >= 0.3 is 0 Å². The van der Waals surface area contributed by atoms with Gasteiger partial charge in [0.15, 0.2) is 0 Å². The Kier molecular flexibility index (Phi) is 4.05. The summed E-state index contributed by atoms with van der Waals surface area (Å²) in [4.78, 5) is 14.3. The van der Waals surface area contributed by atoms with Crippen molar-refractivity contribution in [2.24, 2.45) is 0 Å². The van der Waals surface area contributed by atoms with E-state index >= 15 is 0 Å². The van der Waals surface area contributed by atoms with E-state index in [1.165, 1.54) is 12.1 Å². The molecule has 1 unspecified atom stereocenters. The van der Waals surface area contributed by atoms with Crippen LogP contribution in [0.1, 0.15) is 24.5 Å². The average molecular weight is 295 g/mol. The summed E-state index contributed by atoms with van der Waals surface area (Å²) in [6.07, 6.45) is 5.05. The first-order chi connectivity index (χ1) is 10.6. The molecule has 0 radical (unpaired) electrons. The normalized spacial score (nSPS) is 17.5. The molecule has 1 atom stereocenters. The molecular weight excluding hydrogens is 277 g/mol. The summed E-state index contributed by atoms with van der Waals surface area (Å²) in [6, 6.07) is 14.5. The van der Waals surface area contributed by atoms with Gasteiger partial charge in [-0.25, -0.2) is 4.39 Å². The fourth-order valence-corrected chi connectivity index (χ4v) is 2.87. The molecule has 2 aromatic rings. The van der Waals surface area contributed by atoms with Gasteiger partial charge in [0.05, 0.1) is 0 Å². The number of carbonyl (C=O) groups excluding carboxylic acids is 1. The zero-order valence-electron chi connectivity index (χ0n) is 12.5. The Hall–Kier alpha value is -2.42. The second-order valence-corrected chi connectivity index (χ2v) is 5.61. The Morgan fingerprint density at radius 1 is 1.23 bits per heavy atom. The molecule has 0 aliphatic carbocycles. The van der Waals surface area contributed by atoms with Crippen molar-refractivity contribution in [1.29, 1.82) is 0 Å². The lowest BCUT2D eigenvalue weighted by Crippen LogP contribution is -2.41. The molecule has 1 aliphatic heterocycles. The number of nitrogens with zero attached hydrogens (tertiary/aromatic N) is 1. The minimum Gasteiger partial charge on any atom is -0.306 e. The first kappa shape index (κ1) is 14.5. The van der Waals surface area contributed by atoms with Crippen molar-refractivity contribution in [2.75, 3.05) is 4.90 Å². The number of hydrogen-bond donors (Lipinski definition) is 0. The van der Waals surface area contributed by atoms with Crippen LogP contribution in [-0.2, 0) is 11.2 Å². The Morgan fingerprint density at radius 2 is 2.00 bits per heavy atom. The zero-order valence-corrected chi connectivity index (χ0v) is 12.5. The fraction of sp³-hybridized carbons (Fsp3) is 0.211. The van der Waals surface area contributed by atoms with Gasteiger partial charge < -0.3 is 4.90 Å². The smallest absolute Gasteiger partial charge is 0.251 e. The number of rotatable bonds is 2. The maximum atomic E-state index is 13.4. The number of fused-ring (bicyclic) bond motifs is 1. The third-order valence-corrected chi connectivity index (χ3v) is 4.03. The molecule has 0 bridgehead atoms. The van der Waals surface area contributed by atoms with E-state index in [4.69, 9.17) is 0 Å². The molecule has 0 spiro atoms. The van der Waals surface area contributed by atoms with Gasteiger partial charge in [-0.1, -0.05) is 30.3 Å². The van der Waals surface area contributed by atoms with Crippen molar-refractivity contribution in [3.8, 4) is 0 Å². The topological polar surface area (TPSA) is 20.3 Å². The number of hydrogen-bond acceptors (Lipinski definition) is 1. The third-order valence-electron chi connectivity index (χ3n) is 4.03. The summed E-state index contributed by atoms with van der Waals surface area (Å²) in [7, 11) is 0. The number of anilines is 1. The van der Waals surface area contributed by atoms with Crippen molar-refractivity contribution >= 4 is 17.7 Å². The molecule has 0 fully saturated rings. The van der Waals surface area contributed by atoms with E-state index in [-0.39, 0.29) is 17.8 Å². The first-order valence-electron chi connectivity index (χ1n) is 7.50. The van der Waals surface area contributed by atoms with Gasteiger partial charge in [-0.05, 0) is 55.2 Å². The van der Waals surface area contributed by atoms with Crippen molar-refractivity contribution in [2.45, 2.75) is 25.8 Å². The van der Waals surface area contributed by atoms with Gasteiger partial charge in [0.1, 0.15) is 5.82 Å². The van der Waals surface area contributed by atoms with Crippen LogP contribution in [0.3, 0.4) is 0 Å². The predicted molar refractivity (Wildman–Crippen MR) is 87.1 cm³/mol. The average Bonchev–Trinajstić information content (AvgIpc) is 2.54. The molecule has 22 heavy (non-hydrogen) atoms. The van der Waals surface area contributed by atoms with E-state index in [2.05, 4.69) is 0 Å². The molecule has 1 aliphatic rings. The fourth-order valence-electron chi connectivity index (χ4n) is 2.87. The molecule has 0 N–H and O–H groups in total. The number of halogens is 1. The predicted octanol–water partition coefficient (Wildman–Crippen LogP) is 4.21. The Labute approximate surface area is 129 Å². The summed E-state index contributed by atoms with van der Waals surface area (Å²) in [5.41, 5.74) is 2.71. The van der Waals surface area contributed by atoms with Crippen LogP contribution in [0, 0.1) is 5.82 Å². The highest BCUT2D eigenvalue weighted by Crippen LogP contribution is 2.31. The van der Waals surface area contributed by atoms with Crippen LogP contribution in [0.4, 0.5) is 10.1 Å². The summed E-state index contributed by atoms with van der Waals surface area (Å²) >= 11 is 0. The molecule has 2 nitrogen and oxygen atoms in total. The zero-order chi connectivity index (χ0) is 15.5. The molecule has 3 heteroatoms. The monoisotopic (exact) mass is 295 g/mol. The molecule has 3 rings (SSSR count). The summed E-state index contributed by atoms with van der Waals surface area (Å²) in [5, 5.41) is 0. The van der Waals surface area contributed by atoms with Crippen LogP contribution < -0.4 is 4.90 Å². The van der Waals surface area contributed by atoms with E-state index in [1.54, 1.807) is 17.0 Å². The minimum absolute atomic E-state index is 0.0658. The number of carbonyl (C=O) groups is 1.